The van der Waals surface area contributed by atoms with Crippen LogP contribution in [0.4, 0.5) is 5.82 Å². The highest BCUT2D eigenvalue weighted by Gasteiger charge is 2.42. The third-order valence-electron chi connectivity index (χ3n) is 6.61. The molecule has 1 amide bonds. The number of β-amino-alcohol motifs (C(OH)–C–C–N with tert-alkyl or cyclic N) is 1. The Bertz CT molecular complexity index is 1380. The predicted molar refractivity (Wildman–Crippen MR) is 128 cm³/mol. The number of hydrogen-bond acceptors (Lipinski definition) is 9. The van der Waals surface area contributed by atoms with Crippen molar-refractivity contribution in [1.82, 2.24) is 34.0 Å². The molecule has 35 heavy (non-hydrogen) atoms. The Morgan fingerprint density at radius 2 is 2.06 bits per heavy atom. The molecule has 1 aromatic carbocycles. The minimum absolute atomic E-state index is 0.0740. The molecule has 1 aliphatic heterocycles. The first kappa shape index (κ1) is 23.1. The van der Waals surface area contributed by atoms with Gasteiger partial charge in [-0.25, -0.2) is 19.9 Å². The van der Waals surface area contributed by atoms with Crippen molar-refractivity contribution in [2.75, 3.05) is 32.5 Å². The van der Waals surface area contributed by atoms with Crippen LogP contribution in [-0.4, -0.2) is 88.6 Å². The Morgan fingerprint density at radius 3 is 2.86 bits per heavy atom. The zero-order chi connectivity index (χ0) is 24.7. The average molecular weight is 481 g/mol. The van der Waals surface area contributed by atoms with Crippen molar-refractivity contribution in [2.24, 2.45) is 0 Å². The van der Waals surface area contributed by atoms with Gasteiger partial charge < -0.3 is 34.7 Å². The molecule has 3 atom stereocenters. The number of nitrogens with two attached hydrogens (primary N) is 1. The van der Waals surface area contributed by atoms with Gasteiger partial charge in [0.15, 0.2) is 11.5 Å². The Morgan fingerprint density at radius 1 is 1.23 bits per heavy atom. The standard InChI is InChI=1S/C23H28N8O4/c1-23(34)8-15(32)9-30(10-18(23)31-13-28-19-20(24)25-11-26-21(19)31)22(33)14-3-4-17-16(7-14)27-12-29(17)5-6-35-2/h3-4,7,11-13,15,18,32,34H,5-6,8-10H2,1-2H3,(H2,24,25,26)/t15-,18+,23+/m0/s1. The lowest BCUT2D eigenvalue weighted by Gasteiger charge is -2.34. The maximum Gasteiger partial charge on any atom is 0.254 e. The number of likely N-dealkylation sites (tertiary alicyclic amines) is 1. The summed E-state index contributed by atoms with van der Waals surface area (Å²) in [7, 11) is 1.64. The number of nitrogen functional groups attached to an aromatic ring is 1. The van der Waals surface area contributed by atoms with Crippen LogP contribution in [0.1, 0.15) is 29.7 Å². The van der Waals surface area contributed by atoms with Gasteiger partial charge in [0.1, 0.15) is 11.8 Å². The van der Waals surface area contributed by atoms with E-state index in [-0.39, 0.29) is 31.2 Å². The fraction of sp³-hybridized carbons (Fsp3) is 0.435. The summed E-state index contributed by atoms with van der Waals surface area (Å²) in [5.41, 5.74) is 7.51. The van der Waals surface area contributed by atoms with E-state index in [1.807, 2.05) is 10.6 Å². The summed E-state index contributed by atoms with van der Waals surface area (Å²) < 4.78 is 8.81. The lowest BCUT2D eigenvalue weighted by Crippen LogP contribution is -2.42. The molecule has 12 heteroatoms. The number of aromatic nitrogens is 6. The maximum atomic E-state index is 13.6. The van der Waals surface area contributed by atoms with Crippen LogP contribution in [0.2, 0.25) is 0 Å². The molecule has 3 aromatic heterocycles. The van der Waals surface area contributed by atoms with E-state index < -0.39 is 17.7 Å². The topological polar surface area (TPSA) is 157 Å². The lowest BCUT2D eigenvalue weighted by atomic mass is 9.91. The van der Waals surface area contributed by atoms with Crippen LogP contribution < -0.4 is 5.73 Å². The van der Waals surface area contributed by atoms with Gasteiger partial charge in [0.2, 0.25) is 0 Å². The molecule has 0 bridgehead atoms. The highest BCUT2D eigenvalue weighted by Crippen LogP contribution is 2.34. The highest BCUT2D eigenvalue weighted by atomic mass is 16.5. The predicted octanol–water partition coefficient (Wildman–Crippen LogP) is 0.604. The molecule has 12 nitrogen and oxygen atoms in total. The number of carbonyl (C=O) groups is 1. The summed E-state index contributed by atoms with van der Waals surface area (Å²) in [4.78, 5) is 32.1. The SMILES string of the molecule is COCCn1cnc2cc(C(=O)N3C[C@@H](O)C[C@@](C)(O)[C@H](n4cnc5c(N)ncnc54)C3)ccc21. The van der Waals surface area contributed by atoms with E-state index in [1.54, 1.807) is 42.0 Å². The quantitative estimate of drug-likeness (QED) is 0.372. The van der Waals surface area contributed by atoms with Crippen molar-refractivity contribution < 1.29 is 19.7 Å². The summed E-state index contributed by atoms with van der Waals surface area (Å²) in [6, 6.07) is 4.72. The molecule has 1 fully saturated rings. The largest absolute Gasteiger partial charge is 0.391 e. The van der Waals surface area contributed by atoms with E-state index >= 15 is 0 Å². The molecule has 1 saturated heterocycles. The first-order chi connectivity index (χ1) is 16.8. The number of aliphatic hydroxyl groups excluding tert-OH is 1. The second-order valence-corrected chi connectivity index (χ2v) is 9.16. The van der Waals surface area contributed by atoms with E-state index in [2.05, 4.69) is 19.9 Å². The minimum Gasteiger partial charge on any atom is -0.391 e. The Labute approximate surface area is 201 Å². The average Bonchev–Trinajstić information content (AvgIpc) is 3.41. The van der Waals surface area contributed by atoms with Gasteiger partial charge in [0.05, 0.1) is 48.0 Å². The third-order valence-corrected chi connectivity index (χ3v) is 6.61. The van der Waals surface area contributed by atoms with Gasteiger partial charge >= 0.3 is 0 Å². The molecular formula is C23H28N8O4. The fourth-order valence-electron chi connectivity index (χ4n) is 4.81. The molecular weight excluding hydrogens is 452 g/mol. The van der Waals surface area contributed by atoms with Gasteiger partial charge in [-0.3, -0.25) is 4.79 Å². The second kappa shape index (κ2) is 8.87. The summed E-state index contributed by atoms with van der Waals surface area (Å²) >= 11 is 0. The third kappa shape index (κ3) is 4.20. The Balaban J connectivity index is 1.48. The van der Waals surface area contributed by atoms with E-state index in [0.717, 1.165) is 5.52 Å². The van der Waals surface area contributed by atoms with Crippen LogP contribution in [0, 0.1) is 0 Å². The first-order valence-corrected chi connectivity index (χ1v) is 11.3. The van der Waals surface area contributed by atoms with Gasteiger partial charge in [-0.05, 0) is 25.1 Å². The fourth-order valence-corrected chi connectivity index (χ4v) is 4.81. The number of carbonyl (C=O) groups excluding carboxylic acids is 1. The monoisotopic (exact) mass is 480 g/mol. The van der Waals surface area contributed by atoms with Crippen molar-refractivity contribution in [3.63, 3.8) is 0 Å². The normalized spacial score (nSPS) is 23.1. The van der Waals surface area contributed by atoms with Gasteiger partial charge in [-0.1, -0.05) is 0 Å². The van der Waals surface area contributed by atoms with Crippen molar-refractivity contribution in [3.05, 3.63) is 42.7 Å². The van der Waals surface area contributed by atoms with Crippen molar-refractivity contribution in [3.8, 4) is 0 Å². The Hall–Kier alpha value is -3.61. The number of amides is 1. The Kier molecular flexibility index (Phi) is 5.87. The molecule has 184 valence electrons. The number of nitrogens with zero attached hydrogens (tertiary/aromatic N) is 7. The number of rotatable bonds is 5. The van der Waals surface area contributed by atoms with E-state index in [9.17, 15) is 15.0 Å². The summed E-state index contributed by atoms with van der Waals surface area (Å²) in [5.74, 6) is -0.0353. The van der Waals surface area contributed by atoms with E-state index in [1.165, 1.54) is 12.7 Å². The molecule has 0 spiro atoms. The maximum absolute atomic E-state index is 13.6. The molecule has 4 heterocycles. The van der Waals surface area contributed by atoms with Crippen molar-refractivity contribution in [1.29, 1.82) is 0 Å². The van der Waals surface area contributed by atoms with Crippen molar-refractivity contribution >= 4 is 33.9 Å². The van der Waals surface area contributed by atoms with E-state index in [0.29, 0.717) is 35.4 Å². The molecule has 0 radical (unpaired) electrons. The molecule has 4 N–H and O–H groups in total. The summed E-state index contributed by atoms with van der Waals surface area (Å²) in [6.45, 7) is 3.07. The number of methoxy groups -OCH3 is 1. The number of aliphatic hydroxyl groups is 2. The minimum atomic E-state index is -1.34. The molecule has 4 aromatic rings. The molecule has 0 unspecified atom stereocenters. The van der Waals surface area contributed by atoms with E-state index in [4.69, 9.17) is 10.5 Å². The molecule has 0 aliphatic carbocycles. The first-order valence-electron chi connectivity index (χ1n) is 11.3. The van der Waals surface area contributed by atoms with Crippen LogP contribution in [0.15, 0.2) is 37.2 Å². The van der Waals surface area contributed by atoms with Crippen LogP contribution in [0.25, 0.3) is 22.2 Å². The lowest BCUT2D eigenvalue weighted by molar-refractivity contribution is -0.0217. The van der Waals surface area contributed by atoms with Crippen LogP contribution in [-0.2, 0) is 11.3 Å². The molecule has 5 rings (SSSR count). The van der Waals surface area contributed by atoms with Crippen LogP contribution in [0.3, 0.4) is 0 Å². The van der Waals surface area contributed by atoms with Crippen LogP contribution in [0.5, 0.6) is 0 Å². The van der Waals surface area contributed by atoms with Gasteiger partial charge in [0.25, 0.3) is 5.91 Å². The van der Waals surface area contributed by atoms with Gasteiger partial charge in [0, 0.05) is 38.7 Å². The molecule has 1 aliphatic rings. The van der Waals surface area contributed by atoms with Gasteiger partial charge in [-0.15, -0.1) is 0 Å². The summed E-state index contributed by atoms with van der Waals surface area (Å²) in [5, 5.41) is 22.0. The zero-order valence-corrected chi connectivity index (χ0v) is 19.6. The van der Waals surface area contributed by atoms with Gasteiger partial charge in [-0.2, -0.15) is 0 Å². The number of hydrogen-bond donors (Lipinski definition) is 3. The smallest absolute Gasteiger partial charge is 0.254 e. The summed E-state index contributed by atoms with van der Waals surface area (Å²) in [6.07, 6.45) is 3.75. The molecule has 0 saturated carbocycles. The zero-order valence-electron chi connectivity index (χ0n) is 19.6. The second-order valence-electron chi connectivity index (χ2n) is 9.16. The van der Waals surface area contributed by atoms with Crippen LogP contribution >= 0.6 is 0 Å². The van der Waals surface area contributed by atoms with Crippen molar-refractivity contribution in [2.45, 2.75) is 37.6 Å². The highest BCUT2D eigenvalue weighted by molar-refractivity contribution is 5.97. The number of anilines is 1. The number of imidazole rings is 2. The number of benzene rings is 1. The number of fused-ring (bicyclic) bond motifs is 2. The number of ether oxygens (including phenoxy) is 1.